The molecule has 18 heavy (non-hydrogen) atoms. The molecule has 0 atom stereocenters. The summed E-state index contributed by atoms with van der Waals surface area (Å²) < 4.78 is 32.0. The van der Waals surface area contributed by atoms with E-state index in [9.17, 15) is 13.6 Å². The van der Waals surface area contributed by atoms with Crippen LogP contribution >= 0.6 is 0 Å². The van der Waals surface area contributed by atoms with Crippen molar-refractivity contribution in [3.63, 3.8) is 0 Å². The number of hydrogen-bond donors (Lipinski definition) is 0. The minimum Gasteiger partial charge on any atom is -0.458 e. The lowest BCUT2D eigenvalue weighted by Crippen LogP contribution is -2.06. The van der Waals surface area contributed by atoms with E-state index in [1.807, 2.05) is 0 Å². The van der Waals surface area contributed by atoms with E-state index < -0.39 is 17.4 Å². The van der Waals surface area contributed by atoms with Crippen molar-refractivity contribution in [1.29, 1.82) is 0 Å². The molecule has 0 N–H and O–H groups in total. The van der Waals surface area contributed by atoms with Crippen molar-refractivity contribution in [3.05, 3.63) is 58.5 Å². The molecule has 0 bridgehead atoms. The molecule has 1 heterocycles. The lowest BCUT2D eigenvalue weighted by Gasteiger charge is -2.02. The van der Waals surface area contributed by atoms with Gasteiger partial charge in [-0.05, 0) is 37.6 Å². The second-order valence-corrected chi connectivity index (χ2v) is 4.15. The molecule has 94 valence electrons. The monoisotopic (exact) mass is 250 g/mol. The topological polar surface area (TPSA) is 30.2 Å². The molecule has 0 aliphatic carbocycles. The van der Waals surface area contributed by atoms with E-state index >= 15 is 0 Å². The van der Waals surface area contributed by atoms with Gasteiger partial charge in [-0.2, -0.15) is 0 Å². The zero-order chi connectivity index (χ0) is 13.3. The number of carbonyl (C=O) groups is 1. The summed E-state index contributed by atoms with van der Waals surface area (Å²) in [6.45, 7) is 3.54. The first-order valence-corrected chi connectivity index (χ1v) is 5.52. The average molecular weight is 250 g/mol. The molecule has 4 heteroatoms. The van der Waals surface area contributed by atoms with Gasteiger partial charge in [-0.3, -0.25) is 4.79 Å². The van der Waals surface area contributed by atoms with Crippen molar-refractivity contribution < 1.29 is 18.0 Å². The van der Waals surface area contributed by atoms with Crippen LogP contribution in [-0.2, 0) is 6.42 Å². The van der Waals surface area contributed by atoms with Gasteiger partial charge in [0.25, 0.3) is 0 Å². The number of halogens is 2. The van der Waals surface area contributed by atoms with Gasteiger partial charge < -0.3 is 4.42 Å². The Morgan fingerprint density at radius 3 is 2.33 bits per heavy atom. The highest BCUT2D eigenvalue weighted by molar-refractivity contribution is 5.95. The lowest BCUT2D eigenvalue weighted by molar-refractivity contribution is 0.0962. The Morgan fingerprint density at radius 1 is 1.22 bits per heavy atom. The Hall–Kier alpha value is -1.97. The highest BCUT2D eigenvalue weighted by Crippen LogP contribution is 2.18. The van der Waals surface area contributed by atoms with Crippen LogP contribution in [0.2, 0.25) is 0 Å². The predicted molar refractivity (Wildman–Crippen MR) is 62.6 cm³/mol. The molecule has 0 radical (unpaired) electrons. The third kappa shape index (κ3) is 2.32. The van der Waals surface area contributed by atoms with Crippen LogP contribution in [0.25, 0.3) is 0 Å². The molecular weight excluding hydrogens is 238 g/mol. The number of Topliss-reactive ketones (excluding diaryl/α,β-unsaturated/α-hetero) is 1. The maximum atomic E-state index is 13.4. The summed E-state index contributed by atoms with van der Waals surface area (Å²) in [5, 5.41) is 0. The van der Waals surface area contributed by atoms with Crippen molar-refractivity contribution in [2.24, 2.45) is 0 Å². The molecule has 2 nitrogen and oxygen atoms in total. The number of benzene rings is 1. The first-order chi connectivity index (χ1) is 8.49. The molecule has 0 amide bonds. The van der Waals surface area contributed by atoms with Gasteiger partial charge in [-0.25, -0.2) is 8.78 Å². The van der Waals surface area contributed by atoms with Crippen LogP contribution in [0.1, 0.15) is 27.4 Å². The molecule has 2 rings (SSSR count). The molecule has 0 aliphatic heterocycles. The SMILES string of the molecule is Cc1cc(C(=O)Cc2c(F)cccc2F)oc1C. The molecule has 1 aromatic heterocycles. The minimum absolute atomic E-state index is 0.132. The summed E-state index contributed by atoms with van der Waals surface area (Å²) in [5.74, 6) is -1.11. The normalized spacial score (nSPS) is 10.7. The molecule has 0 saturated heterocycles. The van der Waals surface area contributed by atoms with Crippen LogP contribution in [0.4, 0.5) is 8.78 Å². The molecule has 0 unspecified atom stereocenters. The van der Waals surface area contributed by atoms with Gasteiger partial charge in [0.2, 0.25) is 5.78 Å². The van der Waals surface area contributed by atoms with E-state index in [1.165, 1.54) is 6.07 Å². The molecule has 0 fully saturated rings. The van der Waals surface area contributed by atoms with Crippen molar-refractivity contribution in [2.75, 3.05) is 0 Å². The number of furan rings is 1. The summed E-state index contributed by atoms with van der Waals surface area (Å²) in [6.07, 6.45) is -0.342. The van der Waals surface area contributed by atoms with E-state index in [0.717, 1.165) is 17.7 Å². The van der Waals surface area contributed by atoms with E-state index in [4.69, 9.17) is 4.42 Å². The van der Waals surface area contributed by atoms with Crippen LogP contribution in [0.3, 0.4) is 0 Å². The van der Waals surface area contributed by atoms with E-state index in [0.29, 0.717) is 5.76 Å². The molecule has 0 saturated carbocycles. The quantitative estimate of drug-likeness (QED) is 0.779. The standard InChI is InChI=1S/C14H12F2O2/c1-8-6-14(18-9(8)2)13(17)7-10-11(15)4-3-5-12(10)16/h3-6H,7H2,1-2H3. The predicted octanol–water partition coefficient (Wildman–Crippen LogP) is 3.60. The van der Waals surface area contributed by atoms with Gasteiger partial charge in [0.05, 0.1) is 0 Å². The Bertz CT molecular complexity index is 560. The van der Waals surface area contributed by atoms with Gasteiger partial charge in [0.1, 0.15) is 17.4 Å². The second kappa shape index (κ2) is 4.72. The van der Waals surface area contributed by atoms with Gasteiger partial charge >= 0.3 is 0 Å². The van der Waals surface area contributed by atoms with Gasteiger partial charge in [0, 0.05) is 12.0 Å². The van der Waals surface area contributed by atoms with Crippen LogP contribution in [0, 0.1) is 25.5 Å². The van der Waals surface area contributed by atoms with Crippen molar-refractivity contribution in [1.82, 2.24) is 0 Å². The molecule has 0 aliphatic rings. The Labute approximate surface area is 103 Å². The van der Waals surface area contributed by atoms with Crippen molar-refractivity contribution >= 4 is 5.78 Å². The number of aryl methyl sites for hydroxylation is 2. The number of rotatable bonds is 3. The minimum atomic E-state index is -0.719. The summed E-state index contributed by atoms with van der Waals surface area (Å²) >= 11 is 0. The average Bonchev–Trinajstić information content (AvgIpc) is 2.64. The molecule has 0 spiro atoms. The van der Waals surface area contributed by atoms with Crippen LogP contribution in [-0.4, -0.2) is 5.78 Å². The second-order valence-electron chi connectivity index (χ2n) is 4.15. The number of ketones is 1. The molecule has 1 aromatic carbocycles. The zero-order valence-electron chi connectivity index (χ0n) is 10.1. The summed E-state index contributed by atoms with van der Waals surface area (Å²) in [5.41, 5.74) is 0.613. The summed E-state index contributed by atoms with van der Waals surface area (Å²) in [7, 11) is 0. The van der Waals surface area contributed by atoms with Gasteiger partial charge in [0.15, 0.2) is 5.76 Å². The van der Waals surface area contributed by atoms with E-state index in [-0.39, 0.29) is 17.7 Å². The number of carbonyl (C=O) groups excluding carboxylic acids is 1. The zero-order valence-corrected chi connectivity index (χ0v) is 10.1. The fourth-order valence-electron chi connectivity index (χ4n) is 1.66. The maximum Gasteiger partial charge on any atom is 0.202 e. The fraction of sp³-hybridized carbons (Fsp3) is 0.214. The van der Waals surface area contributed by atoms with Crippen LogP contribution < -0.4 is 0 Å². The first-order valence-electron chi connectivity index (χ1n) is 5.52. The van der Waals surface area contributed by atoms with E-state index in [2.05, 4.69) is 0 Å². The Kier molecular flexibility index (Phi) is 3.28. The Morgan fingerprint density at radius 2 is 1.83 bits per heavy atom. The lowest BCUT2D eigenvalue weighted by atomic mass is 10.1. The van der Waals surface area contributed by atoms with Crippen molar-refractivity contribution in [2.45, 2.75) is 20.3 Å². The Balaban J connectivity index is 2.27. The van der Waals surface area contributed by atoms with Gasteiger partial charge in [-0.15, -0.1) is 0 Å². The largest absolute Gasteiger partial charge is 0.458 e. The fourth-order valence-corrected chi connectivity index (χ4v) is 1.66. The van der Waals surface area contributed by atoms with Crippen LogP contribution in [0.15, 0.2) is 28.7 Å². The summed E-state index contributed by atoms with van der Waals surface area (Å²) in [6, 6.07) is 5.10. The van der Waals surface area contributed by atoms with Crippen LogP contribution in [0.5, 0.6) is 0 Å². The first kappa shape index (κ1) is 12.5. The molecule has 2 aromatic rings. The van der Waals surface area contributed by atoms with Crippen molar-refractivity contribution in [3.8, 4) is 0 Å². The smallest absolute Gasteiger partial charge is 0.202 e. The molecular formula is C14H12F2O2. The third-order valence-electron chi connectivity index (χ3n) is 2.84. The maximum absolute atomic E-state index is 13.4. The van der Waals surface area contributed by atoms with E-state index in [1.54, 1.807) is 19.9 Å². The van der Waals surface area contributed by atoms with Gasteiger partial charge in [-0.1, -0.05) is 6.07 Å². The third-order valence-corrected chi connectivity index (χ3v) is 2.84. The summed E-state index contributed by atoms with van der Waals surface area (Å²) in [4.78, 5) is 11.9. The number of hydrogen-bond acceptors (Lipinski definition) is 2. The highest BCUT2D eigenvalue weighted by atomic mass is 19.1. The highest BCUT2D eigenvalue weighted by Gasteiger charge is 2.17.